The lowest BCUT2D eigenvalue weighted by atomic mass is 10.1. The van der Waals surface area contributed by atoms with E-state index in [1.54, 1.807) is 18.3 Å². The fraction of sp³-hybridized carbons (Fsp3) is 0. The molecule has 0 amide bonds. The number of nitrogens with one attached hydrogen (secondary N) is 1. The molecule has 2 heterocycles. The van der Waals surface area contributed by atoms with Crippen molar-refractivity contribution in [2.24, 2.45) is 0 Å². The second-order valence-electron chi connectivity index (χ2n) is 3.76. The van der Waals surface area contributed by atoms with Gasteiger partial charge in [-0.05, 0) is 30.3 Å². The Kier molecular flexibility index (Phi) is 1.82. The van der Waals surface area contributed by atoms with E-state index in [9.17, 15) is 9.59 Å². The molecule has 84 valence electrons. The molecular weight excluding hydrogens is 220 g/mol. The van der Waals surface area contributed by atoms with Gasteiger partial charge in [-0.3, -0.25) is 9.20 Å². The number of carbonyl (C=O) groups is 1. The van der Waals surface area contributed by atoms with Crippen molar-refractivity contribution in [2.45, 2.75) is 0 Å². The number of aromatic amines is 1. The van der Waals surface area contributed by atoms with Gasteiger partial charge in [0.1, 0.15) is 5.65 Å². The van der Waals surface area contributed by atoms with Gasteiger partial charge in [0.2, 0.25) is 0 Å². The van der Waals surface area contributed by atoms with Crippen molar-refractivity contribution < 1.29 is 9.90 Å². The summed E-state index contributed by atoms with van der Waals surface area (Å²) >= 11 is 0. The molecule has 0 aliphatic rings. The molecule has 0 aliphatic carbocycles. The maximum Gasteiger partial charge on any atom is 0.335 e. The van der Waals surface area contributed by atoms with E-state index >= 15 is 0 Å². The minimum atomic E-state index is -1.01. The molecule has 0 radical (unpaired) electrons. The quantitative estimate of drug-likeness (QED) is 0.662. The third kappa shape index (κ3) is 1.32. The molecule has 0 unspecified atom stereocenters. The molecule has 3 aromatic rings. The number of fused-ring (bicyclic) bond motifs is 2. The smallest absolute Gasteiger partial charge is 0.335 e. The van der Waals surface area contributed by atoms with Gasteiger partial charge in [-0.1, -0.05) is 0 Å². The van der Waals surface area contributed by atoms with E-state index in [-0.39, 0.29) is 11.1 Å². The third-order valence-electron chi connectivity index (χ3n) is 2.73. The minimum absolute atomic E-state index is 0.157. The van der Waals surface area contributed by atoms with Crippen LogP contribution in [0.15, 0.2) is 41.3 Å². The number of hydrogen-bond donors (Lipinski definition) is 2. The van der Waals surface area contributed by atoms with Gasteiger partial charge in [-0.25, -0.2) is 4.79 Å². The number of H-pyrrole nitrogens is 1. The lowest BCUT2D eigenvalue weighted by Crippen LogP contribution is -2.13. The first-order chi connectivity index (χ1) is 8.16. The molecule has 2 N–H and O–H groups in total. The van der Waals surface area contributed by atoms with Crippen LogP contribution in [0.2, 0.25) is 0 Å². The van der Waals surface area contributed by atoms with Gasteiger partial charge >= 0.3 is 5.97 Å². The predicted octanol–water partition coefficient (Wildman–Crippen LogP) is 1.48. The van der Waals surface area contributed by atoms with Gasteiger partial charge in [0.25, 0.3) is 5.56 Å². The molecule has 5 heteroatoms. The van der Waals surface area contributed by atoms with Crippen LogP contribution in [-0.2, 0) is 0 Å². The summed E-state index contributed by atoms with van der Waals surface area (Å²) in [6, 6.07) is 7.93. The third-order valence-corrected chi connectivity index (χ3v) is 2.73. The van der Waals surface area contributed by atoms with Gasteiger partial charge < -0.3 is 10.1 Å². The fourth-order valence-electron chi connectivity index (χ4n) is 1.89. The molecule has 1 aromatic carbocycles. The normalized spacial score (nSPS) is 11.1. The van der Waals surface area contributed by atoms with E-state index in [2.05, 4.69) is 4.98 Å². The Morgan fingerprint density at radius 2 is 2.12 bits per heavy atom. The molecule has 0 fully saturated rings. The number of carboxylic acid groups (broad SMARTS) is 1. The Bertz CT molecular complexity index is 798. The van der Waals surface area contributed by atoms with Crippen LogP contribution in [0.5, 0.6) is 0 Å². The Morgan fingerprint density at radius 3 is 2.88 bits per heavy atom. The highest BCUT2D eigenvalue weighted by Crippen LogP contribution is 2.12. The van der Waals surface area contributed by atoms with E-state index in [0.29, 0.717) is 16.6 Å². The lowest BCUT2D eigenvalue weighted by molar-refractivity contribution is 0.0697. The van der Waals surface area contributed by atoms with Crippen LogP contribution in [0, 0.1) is 0 Å². The molecule has 5 nitrogen and oxygen atoms in total. The number of aromatic carboxylic acids is 1. The average molecular weight is 228 g/mol. The van der Waals surface area contributed by atoms with Crippen LogP contribution in [-0.4, -0.2) is 20.5 Å². The summed E-state index contributed by atoms with van der Waals surface area (Å²) in [6.45, 7) is 0. The zero-order valence-corrected chi connectivity index (χ0v) is 8.68. The summed E-state index contributed by atoms with van der Waals surface area (Å²) in [6.07, 6.45) is 1.67. The van der Waals surface area contributed by atoms with Gasteiger partial charge in [0, 0.05) is 6.20 Å². The predicted molar refractivity (Wildman–Crippen MR) is 62.5 cm³/mol. The van der Waals surface area contributed by atoms with Crippen molar-refractivity contribution in [1.82, 2.24) is 9.38 Å². The summed E-state index contributed by atoms with van der Waals surface area (Å²) in [7, 11) is 0. The van der Waals surface area contributed by atoms with E-state index in [4.69, 9.17) is 5.11 Å². The first-order valence-corrected chi connectivity index (χ1v) is 5.03. The van der Waals surface area contributed by atoms with Crippen LogP contribution in [0.1, 0.15) is 10.4 Å². The molecule has 0 spiro atoms. The van der Waals surface area contributed by atoms with Crippen LogP contribution in [0.25, 0.3) is 16.6 Å². The van der Waals surface area contributed by atoms with Crippen molar-refractivity contribution >= 4 is 22.5 Å². The molecule has 2 aromatic heterocycles. The summed E-state index contributed by atoms with van der Waals surface area (Å²) in [5.74, 6) is -1.01. The van der Waals surface area contributed by atoms with Crippen molar-refractivity contribution in [3.05, 3.63) is 52.4 Å². The van der Waals surface area contributed by atoms with Gasteiger partial charge in [-0.2, -0.15) is 0 Å². The highest BCUT2D eigenvalue weighted by molar-refractivity contribution is 5.93. The lowest BCUT2D eigenvalue weighted by Gasteiger charge is -2.02. The van der Waals surface area contributed by atoms with Gasteiger partial charge in [-0.15, -0.1) is 0 Å². The summed E-state index contributed by atoms with van der Waals surface area (Å²) in [4.78, 5) is 25.9. The molecule has 0 saturated carbocycles. The van der Waals surface area contributed by atoms with Crippen molar-refractivity contribution in [3.8, 4) is 0 Å². The second kappa shape index (κ2) is 3.21. The number of nitrogens with zero attached hydrogens (tertiary/aromatic N) is 1. The molecule has 0 saturated heterocycles. The molecule has 0 atom stereocenters. The van der Waals surface area contributed by atoms with Gasteiger partial charge in [0.05, 0.1) is 16.5 Å². The van der Waals surface area contributed by atoms with E-state index < -0.39 is 5.97 Å². The van der Waals surface area contributed by atoms with Crippen molar-refractivity contribution in [2.75, 3.05) is 0 Å². The van der Waals surface area contributed by atoms with Crippen LogP contribution in [0.4, 0.5) is 0 Å². The molecule has 0 bridgehead atoms. The van der Waals surface area contributed by atoms with Crippen LogP contribution in [0.3, 0.4) is 0 Å². The maximum atomic E-state index is 12.0. The minimum Gasteiger partial charge on any atom is -0.478 e. The largest absolute Gasteiger partial charge is 0.478 e. The Hall–Kier alpha value is -2.56. The van der Waals surface area contributed by atoms with Crippen LogP contribution < -0.4 is 5.56 Å². The maximum absolute atomic E-state index is 12.0. The van der Waals surface area contributed by atoms with E-state index in [0.717, 1.165) is 0 Å². The number of aromatic nitrogens is 2. The number of carboxylic acids is 1. The Labute approximate surface area is 94.9 Å². The highest BCUT2D eigenvalue weighted by Gasteiger charge is 2.08. The topological polar surface area (TPSA) is 74.6 Å². The SMILES string of the molecule is O=C(O)c1ccc2c(=O)n3cccc3[nH]c2c1. The van der Waals surface area contributed by atoms with E-state index in [1.165, 1.54) is 22.6 Å². The van der Waals surface area contributed by atoms with Crippen LogP contribution >= 0.6 is 0 Å². The second-order valence-corrected chi connectivity index (χ2v) is 3.76. The summed E-state index contributed by atoms with van der Waals surface area (Å²) in [5.41, 5.74) is 1.17. The Morgan fingerprint density at radius 1 is 1.29 bits per heavy atom. The van der Waals surface area contributed by atoms with Crippen molar-refractivity contribution in [1.29, 1.82) is 0 Å². The van der Waals surface area contributed by atoms with E-state index in [1.807, 2.05) is 0 Å². The zero-order valence-electron chi connectivity index (χ0n) is 8.68. The monoisotopic (exact) mass is 228 g/mol. The molecule has 0 aliphatic heterocycles. The first-order valence-electron chi connectivity index (χ1n) is 5.03. The summed E-state index contributed by atoms with van der Waals surface area (Å²) < 4.78 is 1.49. The highest BCUT2D eigenvalue weighted by atomic mass is 16.4. The van der Waals surface area contributed by atoms with Gasteiger partial charge in [0.15, 0.2) is 0 Å². The number of hydrogen-bond acceptors (Lipinski definition) is 2. The standard InChI is InChI=1S/C12H8N2O3/c15-11-8-4-3-7(12(16)17)6-9(8)13-10-2-1-5-14(10)11/h1-6,13H,(H,16,17). The summed E-state index contributed by atoms with van der Waals surface area (Å²) in [5, 5.41) is 9.36. The van der Waals surface area contributed by atoms with Crippen molar-refractivity contribution in [3.63, 3.8) is 0 Å². The average Bonchev–Trinajstić information content (AvgIpc) is 2.77. The molecular formula is C12H8N2O3. The first kappa shape index (κ1) is 9.65. The fourth-order valence-corrected chi connectivity index (χ4v) is 1.89. The number of rotatable bonds is 1. The molecule has 3 rings (SSSR count). The zero-order chi connectivity index (χ0) is 12.0. The number of benzene rings is 1. The Balaban J connectivity index is 2.48. The molecule has 17 heavy (non-hydrogen) atoms.